The standard InChI is InChI=1S/C83H150NO8P/c1-6-8-10-12-14-16-18-20-22-24-26-28-30-32-34-36-38-39-40-41-42-43-44-46-47-49-51-53-55-57-59-61-63-65-67-69-71-73-75-82(85)89-79-81(80-91-93(87,88)90-78-77-84(3,4)5)92-83(86)76-74-72-70-68-66-64-62-60-58-56-54-52-50-48-45-37-35-33-31-29-27-25-23-21-19-17-15-13-11-9-7-2/h9,11,15,17,21,23,27,29,33,35,45,48,52,54,58,60,81H,6-8,10,12-14,16,18-20,22,24-26,28,30-32,34,36-44,46-47,49-51,53,55-57,59,61-80H2,1-5H3/p+1/b11-9-,17-15-,23-21-,29-27-,35-33-,48-45-,54-52-,60-58-. The van der Waals surface area contributed by atoms with Crippen molar-refractivity contribution in [2.24, 2.45) is 0 Å². The number of allylic oxidation sites excluding steroid dienone is 16. The molecular formula is C83H151NO8P+. The maximum absolute atomic E-state index is 12.9. The van der Waals surface area contributed by atoms with Gasteiger partial charge in [-0.2, -0.15) is 0 Å². The van der Waals surface area contributed by atoms with Crippen LogP contribution in [0, 0.1) is 0 Å². The highest BCUT2D eigenvalue weighted by atomic mass is 31.2. The number of ether oxygens (including phenoxy) is 2. The quantitative estimate of drug-likeness (QED) is 0.0211. The first kappa shape index (κ1) is 89.9. The minimum Gasteiger partial charge on any atom is -0.462 e. The Bertz CT molecular complexity index is 1890. The summed E-state index contributed by atoms with van der Waals surface area (Å²) in [5, 5.41) is 0. The predicted octanol–water partition coefficient (Wildman–Crippen LogP) is 26.2. The summed E-state index contributed by atoms with van der Waals surface area (Å²) in [5.41, 5.74) is 0. The zero-order valence-corrected chi connectivity index (χ0v) is 62.6. The van der Waals surface area contributed by atoms with Crippen LogP contribution in [0.25, 0.3) is 0 Å². The summed E-state index contributed by atoms with van der Waals surface area (Å²) in [5.74, 6) is -0.805. The number of hydrogen-bond acceptors (Lipinski definition) is 7. The van der Waals surface area contributed by atoms with E-state index in [4.69, 9.17) is 18.5 Å². The fourth-order valence-corrected chi connectivity index (χ4v) is 12.1. The lowest BCUT2D eigenvalue weighted by Crippen LogP contribution is -2.37. The Kier molecular flexibility index (Phi) is 70.8. The van der Waals surface area contributed by atoms with Crippen molar-refractivity contribution >= 4 is 19.8 Å². The lowest BCUT2D eigenvalue weighted by Gasteiger charge is -2.24. The molecule has 2 unspecified atom stereocenters. The molecule has 0 amide bonds. The predicted molar refractivity (Wildman–Crippen MR) is 404 cm³/mol. The Morgan fingerprint density at radius 3 is 0.914 bits per heavy atom. The van der Waals surface area contributed by atoms with E-state index in [2.05, 4.69) is 111 Å². The highest BCUT2D eigenvalue weighted by Gasteiger charge is 2.27. The van der Waals surface area contributed by atoms with Gasteiger partial charge in [-0.15, -0.1) is 0 Å². The van der Waals surface area contributed by atoms with Crippen LogP contribution in [-0.2, 0) is 32.7 Å². The van der Waals surface area contributed by atoms with Gasteiger partial charge in [0.05, 0.1) is 27.7 Å². The summed E-state index contributed by atoms with van der Waals surface area (Å²) in [6.45, 7) is 4.35. The highest BCUT2D eigenvalue weighted by molar-refractivity contribution is 7.47. The molecule has 540 valence electrons. The molecule has 0 aliphatic rings. The van der Waals surface area contributed by atoms with Crippen molar-refractivity contribution in [3.8, 4) is 0 Å². The lowest BCUT2D eigenvalue weighted by molar-refractivity contribution is -0.870. The van der Waals surface area contributed by atoms with Crippen molar-refractivity contribution < 1.29 is 42.1 Å². The third-order valence-electron chi connectivity index (χ3n) is 17.4. The van der Waals surface area contributed by atoms with Gasteiger partial charge in [-0.1, -0.05) is 374 Å². The second-order valence-electron chi connectivity index (χ2n) is 27.7. The van der Waals surface area contributed by atoms with E-state index in [9.17, 15) is 19.0 Å². The highest BCUT2D eigenvalue weighted by Crippen LogP contribution is 2.43. The van der Waals surface area contributed by atoms with Crippen molar-refractivity contribution in [2.75, 3.05) is 47.5 Å². The number of carbonyl (C=O) groups is 2. The first-order valence-electron chi connectivity index (χ1n) is 39.5. The van der Waals surface area contributed by atoms with Crippen LogP contribution in [-0.4, -0.2) is 74.9 Å². The molecule has 0 aliphatic heterocycles. The Labute approximate surface area is 576 Å². The number of hydrogen-bond donors (Lipinski definition) is 1. The summed E-state index contributed by atoms with van der Waals surface area (Å²) in [6.07, 6.45) is 103. The number of likely N-dealkylation sites (N-methyl/N-ethyl adjacent to an activating group) is 1. The first-order chi connectivity index (χ1) is 45.5. The molecule has 0 saturated carbocycles. The van der Waals surface area contributed by atoms with E-state index in [1.54, 1.807) is 0 Å². The van der Waals surface area contributed by atoms with Crippen LogP contribution in [0.5, 0.6) is 0 Å². The van der Waals surface area contributed by atoms with E-state index in [-0.39, 0.29) is 32.0 Å². The van der Waals surface area contributed by atoms with E-state index in [0.29, 0.717) is 17.4 Å². The van der Waals surface area contributed by atoms with Gasteiger partial charge in [0.25, 0.3) is 0 Å². The summed E-state index contributed by atoms with van der Waals surface area (Å²) >= 11 is 0. The monoisotopic (exact) mass is 1320 g/mol. The summed E-state index contributed by atoms with van der Waals surface area (Å²) in [6, 6.07) is 0. The molecule has 0 spiro atoms. The summed E-state index contributed by atoms with van der Waals surface area (Å²) in [4.78, 5) is 36.0. The number of phosphoric ester groups is 1. The molecule has 1 N–H and O–H groups in total. The fourth-order valence-electron chi connectivity index (χ4n) is 11.4. The molecule has 0 aliphatic carbocycles. The van der Waals surface area contributed by atoms with Crippen molar-refractivity contribution in [1.29, 1.82) is 0 Å². The topological polar surface area (TPSA) is 108 Å². The molecule has 0 fully saturated rings. The molecule has 0 aromatic rings. The fraction of sp³-hybridized carbons (Fsp3) is 0.783. The van der Waals surface area contributed by atoms with Crippen LogP contribution >= 0.6 is 7.82 Å². The minimum absolute atomic E-state index is 0.0254. The van der Waals surface area contributed by atoms with Crippen LogP contribution in [0.4, 0.5) is 0 Å². The van der Waals surface area contributed by atoms with E-state index in [0.717, 1.165) is 109 Å². The van der Waals surface area contributed by atoms with Crippen LogP contribution in [0.1, 0.15) is 367 Å². The number of carbonyl (C=O) groups excluding carboxylic acids is 2. The molecule has 10 heteroatoms. The van der Waals surface area contributed by atoms with Crippen LogP contribution in [0.3, 0.4) is 0 Å². The average Bonchev–Trinajstić information content (AvgIpc) is 2.02. The molecule has 0 aromatic heterocycles. The maximum Gasteiger partial charge on any atom is 0.472 e. The molecular weight excluding hydrogens is 1170 g/mol. The number of nitrogens with zero attached hydrogens (tertiary/aromatic N) is 1. The Morgan fingerprint density at radius 1 is 0.344 bits per heavy atom. The zero-order valence-electron chi connectivity index (χ0n) is 61.7. The van der Waals surface area contributed by atoms with Gasteiger partial charge in [0.1, 0.15) is 19.8 Å². The van der Waals surface area contributed by atoms with E-state index >= 15 is 0 Å². The Morgan fingerprint density at radius 2 is 0.613 bits per heavy atom. The molecule has 2 atom stereocenters. The van der Waals surface area contributed by atoms with Gasteiger partial charge < -0.3 is 18.9 Å². The van der Waals surface area contributed by atoms with Gasteiger partial charge in [0, 0.05) is 12.8 Å². The number of unbranched alkanes of at least 4 members (excludes halogenated alkanes) is 43. The molecule has 9 nitrogen and oxygen atoms in total. The van der Waals surface area contributed by atoms with E-state index in [1.807, 2.05) is 21.1 Å². The number of esters is 2. The number of quaternary nitrogens is 1. The van der Waals surface area contributed by atoms with Gasteiger partial charge >= 0.3 is 19.8 Å². The molecule has 0 aromatic carbocycles. The number of rotatable bonds is 73. The third kappa shape index (κ3) is 77.8. The molecule has 93 heavy (non-hydrogen) atoms. The normalized spacial score (nSPS) is 13.6. The summed E-state index contributed by atoms with van der Waals surface area (Å²) in [7, 11) is 1.47. The van der Waals surface area contributed by atoms with E-state index in [1.165, 1.54) is 225 Å². The molecule has 0 bridgehead atoms. The Hall–Kier alpha value is -3.07. The van der Waals surface area contributed by atoms with Gasteiger partial charge in [0.2, 0.25) is 0 Å². The smallest absolute Gasteiger partial charge is 0.462 e. The minimum atomic E-state index is -4.40. The van der Waals surface area contributed by atoms with Gasteiger partial charge in [-0.05, 0) is 77.0 Å². The van der Waals surface area contributed by atoms with Crippen LogP contribution in [0.15, 0.2) is 97.2 Å². The molecule has 0 saturated heterocycles. The lowest BCUT2D eigenvalue weighted by atomic mass is 10.0. The van der Waals surface area contributed by atoms with Crippen molar-refractivity contribution in [1.82, 2.24) is 0 Å². The van der Waals surface area contributed by atoms with Gasteiger partial charge in [-0.3, -0.25) is 18.6 Å². The average molecular weight is 1320 g/mol. The van der Waals surface area contributed by atoms with Crippen molar-refractivity contribution in [3.05, 3.63) is 97.2 Å². The molecule has 0 radical (unpaired) electrons. The van der Waals surface area contributed by atoms with E-state index < -0.39 is 26.5 Å². The maximum atomic E-state index is 12.9. The SMILES string of the molecule is CC/C=C\C/C=C\C/C=C\C/C=C\C/C=C\C/C=C\C/C=C\C/C=C\CCCCCCCCC(=O)OC(COC(=O)CCCCCCCCCCCCCCCCCCCCCCCCCCCCCCCCCCCCCCCC)COP(=O)(O)OCC[N+](C)(C)C. The van der Waals surface area contributed by atoms with Crippen molar-refractivity contribution in [3.63, 3.8) is 0 Å². The van der Waals surface area contributed by atoms with Crippen LogP contribution in [0.2, 0.25) is 0 Å². The van der Waals surface area contributed by atoms with Gasteiger partial charge in [-0.25, -0.2) is 4.57 Å². The summed E-state index contributed by atoms with van der Waals surface area (Å²) < 4.78 is 34.8. The second-order valence-corrected chi connectivity index (χ2v) is 29.2. The van der Waals surface area contributed by atoms with Crippen LogP contribution < -0.4 is 0 Å². The largest absolute Gasteiger partial charge is 0.472 e. The molecule has 0 heterocycles. The third-order valence-corrected chi connectivity index (χ3v) is 18.4. The first-order valence-corrected chi connectivity index (χ1v) is 41.0. The molecule has 0 rings (SSSR count). The zero-order chi connectivity index (χ0) is 67.6. The second kappa shape index (κ2) is 73.2. The van der Waals surface area contributed by atoms with Gasteiger partial charge in [0.15, 0.2) is 6.10 Å². The van der Waals surface area contributed by atoms with Crippen molar-refractivity contribution in [2.45, 2.75) is 373 Å². The Balaban J connectivity index is 3.98. The number of phosphoric acid groups is 1.